The zero-order valence-corrected chi connectivity index (χ0v) is 9.66. The van der Waals surface area contributed by atoms with Crippen LogP contribution in [0.1, 0.15) is 33.6 Å². The van der Waals surface area contributed by atoms with Crippen LogP contribution in [-0.2, 0) is 9.53 Å². The molecule has 1 aliphatic heterocycles. The lowest BCUT2D eigenvalue weighted by Crippen LogP contribution is -2.34. The minimum absolute atomic E-state index is 0.167. The molecule has 0 aromatic heterocycles. The number of carbonyl (C=O) groups is 2. The van der Waals surface area contributed by atoms with Crippen LogP contribution in [0.4, 0.5) is 4.79 Å². The van der Waals surface area contributed by atoms with Gasteiger partial charge in [0.2, 0.25) is 6.41 Å². The van der Waals surface area contributed by atoms with Crippen molar-refractivity contribution < 1.29 is 14.3 Å². The van der Waals surface area contributed by atoms with E-state index < -0.39 is 0 Å². The fraction of sp³-hybridized carbons (Fsp3) is 0.800. The molecule has 5 heteroatoms. The highest BCUT2D eigenvalue weighted by atomic mass is 16.6. The Labute approximate surface area is 90.6 Å². The largest absolute Gasteiger partial charge is 0.444 e. The van der Waals surface area contributed by atoms with Crippen molar-refractivity contribution >= 4 is 12.5 Å². The zero-order chi connectivity index (χ0) is 11.9. The highest BCUT2D eigenvalue weighted by Gasteiger charge is 2.23. The van der Waals surface area contributed by atoms with Gasteiger partial charge in [0.1, 0.15) is 5.60 Å². The summed E-state index contributed by atoms with van der Waals surface area (Å²) in [6.45, 7) is 7.38. The second-order valence-corrected chi connectivity index (χ2v) is 4.31. The Kier molecular flexibility index (Phi) is 5.74. The van der Waals surface area contributed by atoms with Gasteiger partial charge in [0.05, 0.1) is 0 Å². The molecule has 0 unspecified atom stereocenters. The minimum atomic E-state index is -0.361. The molecule has 0 aromatic rings. The Balaban J connectivity index is 0.000000583. The molecule has 0 spiro atoms. The summed E-state index contributed by atoms with van der Waals surface area (Å²) in [5.74, 6) is 0. The fourth-order valence-electron chi connectivity index (χ4n) is 1.23. The number of amides is 2. The van der Waals surface area contributed by atoms with Crippen molar-refractivity contribution in [1.29, 1.82) is 0 Å². The second kappa shape index (κ2) is 6.27. The minimum Gasteiger partial charge on any atom is -0.444 e. The van der Waals surface area contributed by atoms with Crippen LogP contribution in [0, 0.1) is 0 Å². The van der Waals surface area contributed by atoms with E-state index in [0.717, 1.165) is 25.9 Å². The van der Waals surface area contributed by atoms with E-state index in [2.05, 4.69) is 5.73 Å². The van der Waals surface area contributed by atoms with E-state index in [1.807, 2.05) is 20.8 Å². The van der Waals surface area contributed by atoms with Gasteiger partial charge in [-0.3, -0.25) is 4.79 Å². The molecule has 0 aliphatic carbocycles. The van der Waals surface area contributed by atoms with E-state index in [1.165, 1.54) is 0 Å². The van der Waals surface area contributed by atoms with Crippen LogP contribution in [0.2, 0.25) is 0 Å². The van der Waals surface area contributed by atoms with Gasteiger partial charge in [-0.2, -0.15) is 0 Å². The highest BCUT2D eigenvalue weighted by molar-refractivity contribution is 5.68. The molecule has 0 bridgehead atoms. The summed E-state index contributed by atoms with van der Waals surface area (Å²) < 4.78 is 5.21. The summed E-state index contributed by atoms with van der Waals surface area (Å²) in [5.41, 5.74) is 3.81. The molecule has 5 nitrogen and oxygen atoms in total. The van der Waals surface area contributed by atoms with Gasteiger partial charge in [0.25, 0.3) is 0 Å². The zero-order valence-electron chi connectivity index (χ0n) is 9.66. The number of rotatable bonds is 0. The Bertz CT molecular complexity index is 205. The molecule has 0 radical (unpaired) electrons. The average molecular weight is 216 g/mol. The smallest absolute Gasteiger partial charge is 0.410 e. The lowest BCUT2D eigenvalue weighted by Gasteiger charge is -2.23. The number of ether oxygens (including phenoxy) is 1. The standard InChI is InChI=1S/C9H17NO2.CH3NO/c1-9(2,3)12-8(11)10-6-4-5-7-10;2-1-3/h4-7H2,1-3H3;1H,(H2,2,3). The first kappa shape index (κ1) is 13.7. The summed E-state index contributed by atoms with van der Waals surface area (Å²) in [6.07, 6.45) is 2.30. The van der Waals surface area contributed by atoms with Crippen molar-refractivity contribution in [2.24, 2.45) is 5.73 Å². The Morgan fingerprint density at radius 2 is 1.73 bits per heavy atom. The van der Waals surface area contributed by atoms with Crippen molar-refractivity contribution in [2.75, 3.05) is 13.1 Å². The van der Waals surface area contributed by atoms with Crippen LogP contribution in [0.15, 0.2) is 0 Å². The van der Waals surface area contributed by atoms with Crippen molar-refractivity contribution in [1.82, 2.24) is 4.90 Å². The Morgan fingerprint density at radius 1 is 1.33 bits per heavy atom. The number of carbonyl (C=O) groups excluding carboxylic acids is 2. The first-order chi connectivity index (χ1) is 6.90. The molecular formula is C10H20N2O3. The van der Waals surface area contributed by atoms with Gasteiger partial charge in [-0.15, -0.1) is 0 Å². The monoisotopic (exact) mass is 216 g/mol. The Morgan fingerprint density at radius 3 is 2.07 bits per heavy atom. The van der Waals surface area contributed by atoms with Gasteiger partial charge < -0.3 is 15.4 Å². The summed E-state index contributed by atoms with van der Waals surface area (Å²) in [5, 5.41) is 0. The van der Waals surface area contributed by atoms with Crippen LogP contribution in [0.3, 0.4) is 0 Å². The highest BCUT2D eigenvalue weighted by Crippen LogP contribution is 2.14. The van der Waals surface area contributed by atoms with Gasteiger partial charge in [0.15, 0.2) is 0 Å². The maximum Gasteiger partial charge on any atom is 0.410 e. The van der Waals surface area contributed by atoms with E-state index in [1.54, 1.807) is 4.90 Å². The predicted octanol–water partition coefficient (Wildman–Crippen LogP) is 1.12. The third-order valence-corrected chi connectivity index (χ3v) is 1.76. The van der Waals surface area contributed by atoms with Crippen molar-refractivity contribution in [3.05, 3.63) is 0 Å². The van der Waals surface area contributed by atoms with E-state index in [0.29, 0.717) is 0 Å². The molecule has 15 heavy (non-hydrogen) atoms. The maximum absolute atomic E-state index is 11.4. The number of likely N-dealkylation sites (tertiary alicyclic amines) is 1. The van der Waals surface area contributed by atoms with E-state index in [9.17, 15) is 4.79 Å². The normalized spacial score (nSPS) is 15.3. The summed E-state index contributed by atoms with van der Waals surface area (Å²) in [4.78, 5) is 21.7. The molecule has 0 aromatic carbocycles. The van der Waals surface area contributed by atoms with Gasteiger partial charge in [-0.1, -0.05) is 0 Å². The lowest BCUT2D eigenvalue weighted by molar-refractivity contribution is -0.106. The third kappa shape index (κ3) is 6.76. The molecule has 0 atom stereocenters. The number of primary amides is 1. The molecule has 1 aliphatic rings. The molecule has 1 saturated heterocycles. The fourth-order valence-corrected chi connectivity index (χ4v) is 1.23. The third-order valence-electron chi connectivity index (χ3n) is 1.76. The molecule has 88 valence electrons. The van der Waals surface area contributed by atoms with Crippen LogP contribution in [0.25, 0.3) is 0 Å². The first-order valence-corrected chi connectivity index (χ1v) is 5.04. The molecule has 0 saturated carbocycles. The van der Waals surface area contributed by atoms with Gasteiger partial charge in [0, 0.05) is 13.1 Å². The topological polar surface area (TPSA) is 72.6 Å². The molecule has 1 fully saturated rings. The molecule has 2 amide bonds. The van der Waals surface area contributed by atoms with E-state index in [-0.39, 0.29) is 18.1 Å². The molecule has 1 heterocycles. The molecular weight excluding hydrogens is 196 g/mol. The van der Waals surface area contributed by atoms with E-state index >= 15 is 0 Å². The summed E-state index contributed by atoms with van der Waals surface area (Å²) in [7, 11) is 0. The summed E-state index contributed by atoms with van der Waals surface area (Å²) in [6, 6.07) is 0. The Hall–Kier alpha value is -1.26. The van der Waals surface area contributed by atoms with Crippen molar-refractivity contribution in [3.63, 3.8) is 0 Å². The molecule has 1 rings (SSSR count). The van der Waals surface area contributed by atoms with Crippen LogP contribution in [-0.4, -0.2) is 36.1 Å². The van der Waals surface area contributed by atoms with Crippen LogP contribution in [0.5, 0.6) is 0 Å². The maximum atomic E-state index is 11.4. The second-order valence-electron chi connectivity index (χ2n) is 4.31. The number of nitrogens with zero attached hydrogens (tertiary/aromatic N) is 1. The first-order valence-electron chi connectivity index (χ1n) is 5.04. The molecule has 2 N–H and O–H groups in total. The van der Waals surface area contributed by atoms with Crippen molar-refractivity contribution in [3.8, 4) is 0 Å². The number of hydrogen-bond donors (Lipinski definition) is 1. The number of hydrogen-bond acceptors (Lipinski definition) is 3. The quantitative estimate of drug-likeness (QED) is 0.617. The average Bonchev–Trinajstić information content (AvgIpc) is 2.53. The summed E-state index contributed by atoms with van der Waals surface area (Å²) >= 11 is 0. The van der Waals surface area contributed by atoms with Crippen molar-refractivity contribution in [2.45, 2.75) is 39.2 Å². The van der Waals surface area contributed by atoms with Gasteiger partial charge in [-0.25, -0.2) is 4.79 Å². The number of nitrogens with two attached hydrogens (primary N) is 1. The van der Waals surface area contributed by atoms with Gasteiger partial charge in [-0.05, 0) is 33.6 Å². The van der Waals surface area contributed by atoms with Gasteiger partial charge >= 0.3 is 6.09 Å². The van der Waals surface area contributed by atoms with E-state index in [4.69, 9.17) is 9.53 Å². The lowest BCUT2D eigenvalue weighted by atomic mass is 10.2. The predicted molar refractivity (Wildman–Crippen MR) is 57.3 cm³/mol. The SMILES string of the molecule is CC(C)(C)OC(=O)N1CCCC1.NC=O. The van der Waals surface area contributed by atoms with Crippen LogP contribution < -0.4 is 5.73 Å². The van der Waals surface area contributed by atoms with Crippen LogP contribution >= 0.6 is 0 Å².